The van der Waals surface area contributed by atoms with Gasteiger partial charge in [-0.2, -0.15) is 0 Å². The highest BCUT2D eigenvalue weighted by molar-refractivity contribution is 5.81. The van der Waals surface area contributed by atoms with E-state index >= 15 is 0 Å². The Balaban J connectivity index is 1.37. The zero-order valence-corrected chi connectivity index (χ0v) is 17.5. The average molecular weight is 411 g/mol. The molecule has 0 radical (unpaired) electrons. The second-order valence-electron chi connectivity index (χ2n) is 7.80. The highest BCUT2D eigenvalue weighted by atomic mass is 16.6. The van der Waals surface area contributed by atoms with Crippen LogP contribution in [0.3, 0.4) is 0 Å². The molecule has 160 valence electrons. The average Bonchev–Trinajstić information content (AvgIpc) is 3.52. The summed E-state index contributed by atoms with van der Waals surface area (Å²) in [5, 5.41) is 2.61. The number of amides is 1. The van der Waals surface area contributed by atoms with Crippen molar-refractivity contribution in [3.8, 4) is 0 Å². The summed E-state index contributed by atoms with van der Waals surface area (Å²) in [5.41, 5.74) is 2.14. The zero-order chi connectivity index (χ0) is 21.3. The molecule has 3 rings (SSSR count). The number of alkyl carbamates (subject to hydrolysis) is 1. The standard InChI is InChI=1S/C24H29NO5/c1-17(2)22(25-24(27)29-15-19-11-7-4-8-12-19)23(26)28-16-21-20(30-21)14-13-18-9-5-3-6-10-18/h3-12,17,20-22H,13-16H2,1-2H3,(H,25,27)/t20-,21+,22+/m1/s1. The Bertz CT molecular complexity index is 809. The van der Waals surface area contributed by atoms with Crippen LogP contribution in [0, 0.1) is 5.92 Å². The van der Waals surface area contributed by atoms with Crippen molar-refractivity contribution in [2.45, 2.75) is 51.5 Å². The molecule has 1 saturated heterocycles. The molecule has 1 N–H and O–H groups in total. The van der Waals surface area contributed by atoms with Crippen molar-refractivity contribution >= 4 is 12.1 Å². The first kappa shape index (κ1) is 21.8. The summed E-state index contributed by atoms with van der Waals surface area (Å²) < 4.78 is 16.2. The summed E-state index contributed by atoms with van der Waals surface area (Å²) in [7, 11) is 0. The van der Waals surface area contributed by atoms with Gasteiger partial charge in [0.25, 0.3) is 0 Å². The molecular weight excluding hydrogens is 382 g/mol. The van der Waals surface area contributed by atoms with Crippen LogP contribution in [0.1, 0.15) is 31.4 Å². The highest BCUT2D eigenvalue weighted by Gasteiger charge is 2.40. The Morgan fingerprint density at radius 3 is 2.20 bits per heavy atom. The molecule has 1 aliphatic rings. The van der Waals surface area contributed by atoms with Gasteiger partial charge < -0.3 is 19.5 Å². The van der Waals surface area contributed by atoms with Gasteiger partial charge in [-0.25, -0.2) is 9.59 Å². The normalized spacial score (nSPS) is 18.5. The topological polar surface area (TPSA) is 77.2 Å². The number of epoxide rings is 1. The van der Waals surface area contributed by atoms with Crippen LogP contribution >= 0.6 is 0 Å². The fraction of sp³-hybridized carbons (Fsp3) is 0.417. The molecule has 1 fully saturated rings. The molecule has 0 spiro atoms. The third-order valence-electron chi connectivity index (χ3n) is 5.04. The van der Waals surface area contributed by atoms with E-state index in [0.29, 0.717) is 0 Å². The molecular formula is C24H29NO5. The maximum Gasteiger partial charge on any atom is 0.408 e. The Kier molecular flexibility index (Phi) is 7.85. The van der Waals surface area contributed by atoms with Crippen LogP contribution in [-0.4, -0.2) is 36.9 Å². The van der Waals surface area contributed by atoms with Crippen LogP contribution < -0.4 is 5.32 Å². The van der Waals surface area contributed by atoms with Crippen molar-refractivity contribution in [2.75, 3.05) is 6.61 Å². The van der Waals surface area contributed by atoms with Gasteiger partial charge in [0.05, 0.1) is 6.10 Å². The van der Waals surface area contributed by atoms with E-state index in [1.54, 1.807) is 0 Å². The molecule has 6 heteroatoms. The lowest BCUT2D eigenvalue weighted by atomic mass is 10.1. The quantitative estimate of drug-likeness (QED) is 0.474. The van der Waals surface area contributed by atoms with E-state index < -0.39 is 18.1 Å². The van der Waals surface area contributed by atoms with Crippen molar-refractivity contribution in [3.05, 3.63) is 71.8 Å². The van der Waals surface area contributed by atoms with Crippen molar-refractivity contribution in [2.24, 2.45) is 5.92 Å². The molecule has 0 aliphatic carbocycles. The summed E-state index contributed by atoms with van der Waals surface area (Å²) in [6, 6.07) is 18.8. The van der Waals surface area contributed by atoms with E-state index in [2.05, 4.69) is 17.4 Å². The Morgan fingerprint density at radius 2 is 1.57 bits per heavy atom. The number of hydrogen-bond acceptors (Lipinski definition) is 5. The van der Waals surface area contributed by atoms with Crippen molar-refractivity contribution in [1.82, 2.24) is 5.32 Å². The Hall–Kier alpha value is -2.86. The first-order valence-corrected chi connectivity index (χ1v) is 10.4. The molecule has 0 aromatic heterocycles. The molecule has 3 atom stereocenters. The number of aryl methyl sites for hydroxylation is 1. The van der Waals surface area contributed by atoms with E-state index in [4.69, 9.17) is 14.2 Å². The van der Waals surface area contributed by atoms with Gasteiger partial charge in [-0.05, 0) is 29.9 Å². The van der Waals surface area contributed by atoms with E-state index in [0.717, 1.165) is 18.4 Å². The number of carbonyl (C=O) groups is 2. The highest BCUT2D eigenvalue weighted by Crippen LogP contribution is 2.27. The lowest BCUT2D eigenvalue weighted by Gasteiger charge is -2.20. The second kappa shape index (κ2) is 10.8. The summed E-state index contributed by atoms with van der Waals surface area (Å²) in [5.74, 6) is -0.602. The molecule has 2 aromatic rings. The number of benzene rings is 2. The minimum absolute atomic E-state index is 0.0736. The molecule has 1 aliphatic heterocycles. The van der Waals surface area contributed by atoms with E-state index in [9.17, 15) is 9.59 Å². The van der Waals surface area contributed by atoms with Crippen LogP contribution in [0.2, 0.25) is 0 Å². The van der Waals surface area contributed by atoms with Crippen LogP contribution in [0.15, 0.2) is 60.7 Å². The van der Waals surface area contributed by atoms with Crippen LogP contribution in [0.4, 0.5) is 4.79 Å². The van der Waals surface area contributed by atoms with Crippen molar-refractivity contribution < 1.29 is 23.8 Å². The number of esters is 1. The summed E-state index contributed by atoms with van der Waals surface area (Å²) in [6.07, 6.45) is 1.22. The third kappa shape index (κ3) is 6.88. The molecule has 0 unspecified atom stereocenters. The number of ether oxygens (including phenoxy) is 3. The van der Waals surface area contributed by atoms with Gasteiger partial charge in [0.1, 0.15) is 25.4 Å². The van der Waals surface area contributed by atoms with Gasteiger partial charge in [0.2, 0.25) is 0 Å². The smallest absolute Gasteiger partial charge is 0.408 e. The first-order valence-electron chi connectivity index (χ1n) is 10.4. The van der Waals surface area contributed by atoms with Gasteiger partial charge in [-0.1, -0.05) is 74.5 Å². The van der Waals surface area contributed by atoms with Crippen LogP contribution in [0.25, 0.3) is 0 Å². The second-order valence-corrected chi connectivity index (χ2v) is 7.80. The number of hydrogen-bond donors (Lipinski definition) is 1. The molecule has 2 aromatic carbocycles. The lowest BCUT2D eigenvalue weighted by molar-refractivity contribution is -0.147. The summed E-state index contributed by atoms with van der Waals surface area (Å²) in [4.78, 5) is 24.6. The minimum atomic E-state index is -0.769. The molecule has 0 bridgehead atoms. The lowest BCUT2D eigenvalue weighted by Crippen LogP contribution is -2.45. The maximum atomic E-state index is 12.5. The number of carbonyl (C=O) groups excluding carboxylic acids is 2. The van der Waals surface area contributed by atoms with Gasteiger partial charge in [0, 0.05) is 0 Å². The predicted octanol–water partition coefficient (Wildman–Crippen LogP) is 3.88. The number of nitrogens with one attached hydrogen (secondary N) is 1. The maximum absolute atomic E-state index is 12.5. The van der Waals surface area contributed by atoms with E-state index in [-0.39, 0.29) is 31.3 Å². The predicted molar refractivity (Wildman–Crippen MR) is 113 cm³/mol. The monoisotopic (exact) mass is 411 g/mol. The van der Waals surface area contributed by atoms with E-state index in [1.807, 2.05) is 62.4 Å². The molecule has 0 saturated carbocycles. The van der Waals surface area contributed by atoms with E-state index in [1.165, 1.54) is 5.56 Å². The molecule has 30 heavy (non-hydrogen) atoms. The van der Waals surface area contributed by atoms with Crippen LogP contribution in [0.5, 0.6) is 0 Å². The van der Waals surface area contributed by atoms with Crippen molar-refractivity contribution in [3.63, 3.8) is 0 Å². The largest absolute Gasteiger partial charge is 0.461 e. The van der Waals surface area contributed by atoms with Gasteiger partial charge >= 0.3 is 12.1 Å². The Morgan fingerprint density at radius 1 is 0.933 bits per heavy atom. The fourth-order valence-corrected chi connectivity index (χ4v) is 3.18. The van der Waals surface area contributed by atoms with Gasteiger partial charge in [-0.15, -0.1) is 0 Å². The first-order chi connectivity index (χ1) is 14.5. The summed E-state index contributed by atoms with van der Waals surface area (Å²) >= 11 is 0. The van der Waals surface area contributed by atoms with Gasteiger partial charge in [0.15, 0.2) is 0 Å². The Labute approximate surface area is 177 Å². The van der Waals surface area contributed by atoms with Crippen LogP contribution in [-0.2, 0) is 32.0 Å². The molecule has 1 amide bonds. The van der Waals surface area contributed by atoms with Gasteiger partial charge in [-0.3, -0.25) is 0 Å². The number of rotatable bonds is 10. The summed E-state index contributed by atoms with van der Waals surface area (Å²) in [6.45, 7) is 4.03. The fourth-order valence-electron chi connectivity index (χ4n) is 3.18. The molecule has 6 nitrogen and oxygen atoms in total. The third-order valence-corrected chi connectivity index (χ3v) is 5.04. The minimum Gasteiger partial charge on any atom is -0.461 e. The zero-order valence-electron chi connectivity index (χ0n) is 17.5. The molecule has 1 heterocycles. The van der Waals surface area contributed by atoms with Crippen molar-refractivity contribution in [1.29, 1.82) is 0 Å². The SMILES string of the molecule is CC(C)[C@H](NC(=O)OCc1ccccc1)C(=O)OC[C@@H]1O[C@@H]1CCc1ccccc1.